The number of nitrogens with zero attached hydrogens (tertiary/aromatic N) is 1. The topological polar surface area (TPSA) is 131 Å². The SMILES string of the molecule is O=C(Nc1ccc(S(=O)(=O)N2CCOCC2)cc1)c1cc(Cl)ccc1NS(=O)(=O)c1ccc(OC(F)(F)F)cc1. The molecule has 1 aliphatic heterocycles. The number of alkyl halides is 3. The third-order valence-corrected chi connectivity index (χ3v) is 9.09. The van der Waals surface area contributed by atoms with Crippen molar-refractivity contribution in [2.75, 3.05) is 36.3 Å². The number of benzene rings is 3. The average Bonchev–Trinajstić information content (AvgIpc) is 2.90. The Labute approximate surface area is 232 Å². The first-order chi connectivity index (χ1) is 18.7. The molecule has 2 N–H and O–H groups in total. The van der Waals surface area contributed by atoms with Gasteiger partial charge >= 0.3 is 6.36 Å². The predicted octanol–water partition coefficient (Wildman–Crippen LogP) is 4.31. The van der Waals surface area contributed by atoms with Crippen LogP contribution in [0.3, 0.4) is 0 Å². The number of carbonyl (C=O) groups excluding carboxylic acids is 1. The van der Waals surface area contributed by atoms with Crippen molar-refractivity contribution in [3.05, 3.63) is 77.3 Å². The average molecular weight is 620 g/mol. The number of halogens is 4. The Kier molecular flexibility index (Phi) is 8.60. The third-order valence-electron chi connectivity index (χ3n) is 5.56. The highest BCUT2D eigenvalue weighted by Crippen LogP contribution is 2.28. The molecule has 0 atom stereocenters. The summed E-state index contributed by atoms with van der Waals surface area (Å²) in [6.07, 6.45) is -4.94. The quantitative estimate of drug-likeness (QED) is 0.384. The maximum absolute atomic E-state index is 13.0. The van der Waals surface area contributed by atoms with E-state index in [-0.39, 0.29) is 58.1 Å². The van der Waals surface area contributed by atoms with Crippen molar-refractivity contribution in [2.45, 2.75) is 16.2 Å². The number of nitrogens with one attached hydrogen (secondary N) is 2. The van der Waals surface area contributed by atoms with E-state index in [4.69, 9.17) is 16.3 Å². The molecular formula is C24H21ClF3N3O7S2. The van der Waals surface area contributed by atoms with Gasteiger partial charge in [-0.1, -0.05) is 11.6 Å². The van der Waals surface area contributed by atoms with Crippen LogP contribution in [0.5, 0.6) is 5.75 Å². The van der Waals surface area contributed by atoms with Crippen LogP contribution in [0.25, 0.3) is 0 Å². The molecule has 1 saturated heterocycles. The molecular weight excluding hydrogens is 599 g/mol. The van der Waals surface area contributed by atoms with E-state index in [1.807, 2.05) is 0 Å². The molecule has 0 radical (unpaired) electrons. The highest BCUT2D eigenvalue weighted by atomic mass is 35.5. The van der Waals surface area contributed by atoms with Gasteiger partial charge < -0.3 is 14.8 Å². The maximum atomic E-state index is 13.0. The van der Waals surface area contributed by atoms with Crippen molar-refractivity contribution in [3.63, 3.8) is 0 Å². The van der Waals surface area contributed by atoms with Crippen LogP contribution in [-0.4, -0.2) is 59.7 Å². The molecule has 0 bridgehead atoms. The molecule has 40 heavy (non-hydrogen) atoms. The number of ether oxygens (including phenoxy) is 2. The summed E-state index contributed by atoms with van der Waals surface area (Å²) in [5.41, 5.74) is -0.109. The smallest absolute Gasteiger partial charge is 0.406 e. The molecule has 0 spiro atoms. The summed E-state index contributed by atoms with van der Waals surface area (Å²) in [4.78, 5) is 12.7. The number of hydrogen-bond acceptors (Lipinski definition) is 7. The second-order valence-corrected chi connectivity index (χ2v) is 12.4. The zero-order chi connectivity index (χ0) is 29.1. The summed E-state index contributed by atoms with van der Waals surface area (Å²) >= 11 is 6.02. The zero-order valence-electron chi connectivity index (χ0n) is 20.3. The van der Waals surface area contributed by atoms with E-state index in [9.17, 15) is 34.8 Å². The summed E-state index contributed by atoms with van der Waals surface area (Å²) in [7, 11) is -8.09. The molecule has 0 saturated carbocycles. The van der Waals surface area contributed by atoms with Gasteiger partial charge in [0.2, 0.25) is 10.0 Å². The van der Waals surface area contributed by atoms with Crippen LogP contribution in [0.15, 0.2) is 76.5 Å². The standard InChI is InChI=1S/C24H21ClF3N3O7S2/c25-16-1-10-22(30-39(33,34)19-8-4-18(5-9-19)38-24(26,27)28)21(15-16)23(32)29-17-2-6-20(7-3-17)40(35,36)31-11-13-37-14-12-31/h1-10,15,30H,11-14H2,(H,29,32). The first kappa shape index (κ1) is 29.6. The third kappa shape index (κ3) is 7.22. The van der Waals surface area contributed by atoms with Crippen LogP contribution in [-0.2, 0) is 24.8 Å². The van der Waals surface area contributed by atoms with E-state index in [0.29, 0.717) is 0 Å². The maximum Gasteiger partial charge on any atom is 0.573 e. The summed E-state index contributed by atoms with van der Waals surface area (Å²) < 4.78 is 101. The van der Waals surface area contributed by atoms with Crippen molar-refractivity contribution >= 4 is 48.9 Å². The fourth-order valence-electron chi connectivity index (χ4n) is 3.66. The molecule has 3 aromatic rings. The normalized spacial score (nSPS) is 14.9. The highest BCUT2D eigenvalue weighted by Gasteiger charge is 2.31. The summed E-state index contributed by atoms with van der Waals surface area (Å²) in [6, 6.07) is 12.7. The van der Waals surface area contributed by atoms with Crippen molar-refractivity contribution in [1.82, 2.24) is 4.31 Å². The number of carbonyl (C=O) groups is 1. The Bertz CT molecular complexity index is 1590. The second-order valence-electron chi connectivity index (χ2n) is 8.31. The lowest BCUT2D eigenvalue weighted by Gasteiger charge is -2.26. The molecule has 10 nitrogen and oxygen atoms in total. The van der Waals surface area contributed by atoms with Gasteiger partial charge in [0.1, 0.15) is 5.75 Å². The van der Waals surface area contributed by atoms with E-state index in [2.05, 4.69) is 14.8 Å². The Balaban J connectivity index is 1.51. The molecule has 1 heterocycles. The summed E-state index contributed by atoms with van der Waals surface area (Å²) in [5.74, 6) is -1.38. The lowest BCUT2D eigenvalue weighted by Crippen LogP contribution is -2.40. The molecule has 1 aliphatic rings. The van der Waals surface area contributed by atoms with Gasteiger partial charge in [0.25, 0.3) is 15.9 Å². The van der Waals surface area contributed by atoms with Gasteiger partial charge in [-0.3, -0.25) is 9.52 Å². The molecule has 0 unspecified atom stereocenters. The van der Waals surface area contributed by atoms with Crippen LogP contribution in [0.2, 0.25) is 5.02 Å². The minimum Gasteiger partial charge on any atom is -0.406 e. The van der Waals surface area contributed by atoms with Gasteiger partial charge in [0.05, 0.1) is 34.3 Å². The van der Waals surface area contributed by atoms with Gasteiger partial charge in [-0.05, 0) is 66.7 Å². The van der Waals surface area contributed by atoms with Gasteiger partial charge in [-0.2, -0.15) is 4.31 Å². The lowest BCUT2D eigenvalue weighted by molar-refractivity contribution is -0.274. The number of hydrogen-bond donors (Lipinski definition) is 2. The first-order valence-electron chi connectivity index (χ1n) is 11.4. The Morgan fingerprint density at radius 3 is 2.10 bits per heavy atom. The fourth-order valence-corrected chi connectivity index (χ4v) is 6.32. The Morgan fingerprint density at radius 2 is 1.50 bits per heavy atom. The largest absolute Gasteiger partial charge is 0.573 e. The second kappa shape index (κ2) is 11.6. The number of rotatable bonds is 8. The Morgan fingerprint density at radius 1 is 0.900 bits per heavy atom. The lowest BCUT2D eigenvalue weighted by atomic mass is 10.1. The van der Waals surface area contributed by atoms with Crippen molar-refractivity contribution < 1.29 is 44.3 Å². The van der Waals surface area contributed by atoms with E-state index in [1.54, 1.807) is 0 Å². The fraction of sp³-hybridized carbons (Fsp3) is 0.208. The van der Waals surface area contributed by atoms with E-state index in [1.165, 1.54) is 46.8 Å². The molecule has 3 aromatic carbocycles. The predicted molar refractivity (Wildman–Crippen MR) is 139 cm³/mol. The molecule has 16 heteroatoms. The van der Waals surface area contributed by atoms with Crippen LogP contribution >= 0.6 is 11.6 Å². The van der Waals surface area contributed by atoms with Crippen LogP contribution in [0.4, 0.5) is 24.5 Å². The summed E-state index contributed by atoms with van der Waals surface area (Å²) in [6.45, 7) is 1.02. The minimum absolute atomic E-state index is 0.0234. The van der Waals surface area contributed by atoms with Gasteiger partial charge in [0, 0.05) is 23.8 Å². The highest BCUT2D eigenvalue weighted by molar-refractivity contribution is 7.92. The van der Waals surface area contributed by atoms with E-state index >= 15 is 0 Å². The molecule has 1 fully saturated rings. The van der Waals surface area contributed by atoms with Crippen LogP contribution in [0, 0.1) is 0 Å². The number of morpholine rings is 1. The molecule has 0 aromatic heterocycles. The summed E-state index contributed by atoms with van der Waals surface area (Å²) in [5, 5.41) is 2.67. The molecule has 4 rings (SSSR count). The van der Waals surface area contributed by atoms with Crippen molar-refractivity contribution in [2.24, 2.45) is 0 Å². The molecule has 0 aliphatic carbocycles. The van der Waals surface area contributed by atoms with E-state index in [0.717, 1.165) is 24.3 Å². The molecule has 214 valence electrons. The van der Waals surface area contributed by atoms with Gasteiger partial charge in [0.15, 0.2) is 0 Å². The van der Waals surface area contributed by atoms with Gasteiger partial charge in [-0.25, -0.2) is 16.8 Å². The minimum atomic E-state index is -4.94. The Hall–Kier alpha value is -3.37. The zero-order valence-corrected chi connectivity index (χ0v) is 22.7. The van der Waals surface area contributed by atoms with Crippen LogP contribution < -0.4 is 14.8 Å². The number of anilines is 2. The number of amides is 1. The van der Waals surface area contributed by atoms with Crippen molar-refractivity contribution in [3.8, 4) is 5.75 Å². The monoisotopic (exact) mass is 619 g/mol. The van der Waals surface area contributed by atoms with Gasteiger partial charge in [-0.15, -0.1) is 13.2 Å². The number of sulfonamides is 2. The van der Waals surface area contributed by atoms with Crippen molar-refractivity contribution in [1.29, 1.82) is 0 Å². The van der Waals surface area contributed by atoms with Crippen LogP contribution in [0.1, 0.15) is 10.4 Å². The molecule has 1 amide bonds. The first-order valence-corrected chi connectivity index (χ1v) is 14.7. The van der Waals surface area contributed by atoms with E-state index < -0.39 is 38.1 Å².